The lowest BCUT2D eigenvalue weighted by molar-refractivity contribution is 0.153. The van der Waals surface area contributed by atoms with Gasteiger partial charge in [0, 0.05) is 0 Å². The van der Waals surface area contributed by atoms with Crippen LogP contribution in [0.1, 0.15) is 17.7 Å². The summed E-state index contributed by atoms with van der Waals surface area (Å²) in [4.78, 5) is 3.94. The fourth-order valence-electron chi connectivity index (χ4n) is 1.28. The van der Waals surface area contributed by atoms with E-state index in [1.165, 1.54) is 4.52 Å². The van der Waals surface area contributed by atoms with E-state index in [2.05, 4.69) is 26.0 Å². The van der Waals surface area contributed by atoms with Crippen molar-refractivity contribution < 1.29 is 8.78 Å². The molecule has 0 N–H and O–H groups in total. The van der Waals surface area contributed by atoms with E-state index in [9.17, 15) is 8.78 Å². The lowest BCUT2D eigenvalue weighted by Gasteiger charge is -2.04. The van der Waals surface area contributed by atoms with Gasteiger partial charge in [-0.1, -0.05) is 11.6 Å². The van der Waals surface area contributed by atoms with Crippen LogP contribution in [0.15, 0.2) is 10.8 Å². The third kappa shape index (κ3) is 1.61. The number of aromatic nitrogens is 3. The first-order valence-corrected chi connectivity index (χ1v) is 5.17. The van der Waals surface area contributed by atoms with Crippen molar-refractivity contribution >= 4 is 33.0 Å². The maximum Gasteiger partial charge on any atom is 0.267 e. The van der Waals surface area contributed by atoms with E-state index in [1.807, 2.05) is 0 Å². The summed E-state index contributed by atoms with van der Waals surface area (Å²) < 4.78 is 27.0. The molecule has 2 heterocycles. The first kappa shape index (κ1) is 10.8. The fourth-order valence-corrected chi connectivity index (χ4v) is 1.95. The highest BCUT2D eigenvalue weighted by atomic mass is 79.9. The minimum absolute atomic E-state index is 0.0310. The molecular formula is C8H5BrClF2N3. The standard InChI is InChI=1S/C8H5BrClF2N3/c1-3-6(9)15-5(7(10)14-3)4(2-13-15)8(11)12/h2,8H,1H3. The van der Waals surface area contributed by atoms with Crippen molar-refractivity contribution in [1.29, 1.82) is 0 Å². The summed E-state index contributed by atoms with van der Waals surface area (Å²) in [5.74, 6) is 0. The molecule has 0 aliphatic heterocycles. The number of hydrogen-bond acceptors (Lipinski definition) is 2. The molecule has 2 aromatic heterocycles. The molecule has 0 aliphatic rings. The second-order valence-electron chi connectivity index (χ2n) is 2.94. The molecule has 0 aromatic carbocycles. The van der Waals surface area contributed by atoms with Crippen LogP contribution in [0.5, 0.6) is 0 Å². The van der Waals surface area contributed by atoms with Crippen LogP contribution >= 0.6 is 27.5 Å². The Morgan fingerprint density at radius 2 is 2.20 bits per heavy atom. The fraction of sp³-hybridized carbons (Fsp3) is 0.250. The predicted molar refractivity (Wildman–Crippen MR) is 55.4 cm³/mol. The van der Waals surface area contributed by atoms with Crippen molar-refractivity contribution in [3.05, 3.63) is 27.2 Å². The van der Waals surface area contributed by atoms with E-state index in [0.29, 0.717) is 10.3 Å². The molecule has 2 aromatic rings. The molecule has 2 rings (SSSR count). The monoisotopic (exact) mass is 295 g/mol. The number of hydrogen-bond donors (Lipinski definition) is 0. The van der Waals surface area contributed by atoms with Crippen LogP contribution < -0.4 is 0 Å². The van der Waals surface area contributed by atoms with Gasteiger partial charge in [-0.05, 0) is 22.9 Å². The maximum atomic E-state index is 12.6. The van der Waals surface area contributed by atoms with Crippen molar-refractivity contribution in [2.75, 3.05) is 0 Å². The highest BCUT2D eigenvalue weighted by Crippen LogP contribution is 2.30. The molecule has 0 aliphatic carbocycles. The molecule has 7 heteroatoms. The molecule has 0 saturated heterocycles. The van der Waals surface area contributed by atoms with Gasteiger partial charge in [-0.15, -0.1) is 0 Å². The maximum absolute atomic E-state index is 12.6. The molecule has 0 fully saturated rings. The van der Waals surface area contributed by atoms with Gasteiger partial charge in [0.2, 0.25) is 0 Å². The minimum Gasteiger partial charge on any atom is -0.236 e. The molecule has 0 atom stereocenters. The predicted octanol–water partition coefficient (Wildman–Crippen LogP) is 3.39. The van der Waals surface area contributed by atoms with E-state index in [4.69, 9.17) is 11.6 Å². The molecule has 0 bridgehead atoms. The van der Waals surface area contributed by atoms with Crippen LogP contribution in [0.2, 0.25) is 5.15 Å². The smallest absolute Gasteiger partial charge is 0.236 e. The van der Waals surface area contributed by atoms with Crippen molar-refractivity contribution in [2.45, 2.75) is 13.3 Å². The van der Waals surface area contributed by atoms with E-state index in [1.54, 1.807) is 6.92 Å². The largest absolute Gasteiger partial charge is 0.267 e. The zero-order valence-corrected chi connectivity index (χ0v) is 9.85. The van der Waals surface area contributed by atoms with E-state index in [0.717, 1.165) is 6.20 Å². The van der Waals surface area contributed by atoms with Crippen molar-refractivity contribution in [3.8, 4) is 0 Å². The number of rotatable bonds is 1. The third-order valence-corrected chi connectivity index (χ3v) is 3.15. The summed E-state index contributed by atoms with van der Waals surface area (Å²) >= 11 is 9.01. The average Bonchev–Trinajstić information content (AvgIpc) is 2.58. The number of halogens is 4. The van der Waals surface area contributed by atoms with Gasteiger partial charge in [0.15, 0.2) is 5.15 Å². The Balaban J connectivity index is 2.87. The van der Waals surface area contributed by atoms with Gasteiger partial charge >= 0.3 is 0 Å². The lowest BCUT2D eigenvalue weighted by atomic mass is 10.3. The summed E-state index contributed by atoms with van der Waals surface area (Å²) in [5, 5.41) is 3.86. The van der Waals surface area contributed by atoms with E-state index < -0.39 is 6.43 Å². The van der Waals surface area contributed by atoms with Gasteiger partial charge in [-0.25, -0.2) is 18.3 Å². The van der Waals surface area contributed by atoms with Gasteiger partial charge in [-0.3, -0.25) is 0 Å². The first-order valence-electron chi connectivity index (χ1n) is 3.99. The molecule has 0 saturated carbocycles. The minimum atomic E-state index is -2.61. The molecular weight excluding hydrogens is 291 g/mol. The Morgan fingerprint density at radius 1 is 1.53 bits per heavy atom. The van der Waals surface area contributed by atoms with Crippen LogP contribution in [0, 0.1) is 6.92 Å². The van der Waals surface area contributed by atoms with Gasteiger partial charge < -0.3 is 0 Å². The first-order chi connectivity index (χ1) is 7.02. The SMILES string of the molecule is Cc1nc(Cl)c2c(C(F)F)cnn2c1Br. The Bertz CT molecular complexity index is 526. The van der Waals surface area contributed by atoms with Gasteiger partial charge in [0.1, 0.15) is 10.1 Å². The topological polar surface area (TPSA) is 30.2 Å². The Labute approximate surface area is 97.2 Å². The van der Waals surface area contributed by atoms with Crippen molar-refractivity contribution in [1.82, 2.24) is 14.6 Å². The van der Waals surface area contributed by atoms with Gasteiger partial charge in [0.25, 0.3) is 6.43 Å². The Morgan fingerprint density at radius 3 is 2.80 bits per heavy atom. The number of nitrogens with zero attached hydrogens (tertiary/aromatic N) is 3. The number of fused-ring (bicyclic) bond motifs is 1. The molecule has 0 spiro atoms. The zero-order valence-electron chi connectivity index (χ0n) is 7.51. The van der Waals surface area contributed by atoms with E-state index in [-0.39, 0.29) is 16.2 Å². The van der Waals surface area contributed by atoms with Crippen molar-refractivity contribution in [3.63, 3.8) is 0 Å². The average molecular weight is 297 g/mol. The quantitative estimate of drug-likeness (QED) is 0.807. The van der Waals surface area contributed by atoms with E-state index >= 15 is 0 Å². The molecule has 80 valence electrons. The van der Waals surface area contributed by atoms with Crippen LogP contribution in [-0.2, 0) is 0 Å². The molecule has 3 nitrogen and oxygen atoms in total. The van der Waals surface area contributed by atoms with Gasteiger partial charge in [0.05, 0.1) is 17.5 Å². The molecule has 0 radical (unpaired) electrons. The van der Waals surface area contributed by atoms with Crippen molar-refractivity contribution in [2.24, 2.45) is 0 Å². The second kappa shape index (κ2) is 3.68. The molecule has 0 amide bonds. The Kier molecular flexibility index (Phi) is 2.64. The zero-order chi connectivity index (χ0) is 11.2. The molecule has 0 unspecified atom stereocenters. The normalized spacial score (nSPS) is 11.6. The highest BCUT2D eigenvalue weighted by molar-refractivity contribution is 9.10. The highest BCUT2D eigenvalue weighted by Gasteiger charge is 2.19. The summed E-state index contributed by atoms with van der Waals surface area (Å²) in [7, 11) is 0. The van der Waals surface area contributed by atoms with Gasteiger partial charge in [-0.2, -0.15) is 5.10 Å². The number of alkyl halides is 2. The lowest BCUT2D eigenvalue weighted by Crippen LogP contribution is -1.97. The molecule has 15 heavy (non-hydrogen) atoms. The Hall–Kier alpha value is -0.750. The summed E-state index contributed by atoms with van der Waals surface area (Å²) in [6.45, 7) is 1.71. The van der Waals surface area contributed by atoms with Crippen LogP contribution in [0.4, 0.5) is 8.78 Å². The summed E-state index contributed by atoms with van der Waals surface area (Å²) in [6, 6.07) is 0. The van der Waals surface area contributed by atoms with Crippen LogP contribution in [-0.4, -0.2) is 14.6 Å². The van der Waals surface area contributed by atoms with Crippen LogP contribution in [0.25, 0.3) is 5.52 Å². The number of aryl methyl sites for hydroxylation is 1. The second-order valence-corrected chi connectivity index (χ2v) is 4.05. The summed E-state index contributed by atoms with van der Waals surface area (Å²) in [5.41, 5.74) is 0.522. The third-order valence-electron chi connectivity index (χ3n) is 1.98. The van der Waals surface area contributed by atoms with Crippen LogP contribution in [0.3, 0.4) is 0 Å². The summed E-state index contributed by atoms with van der Waals surface area (Å²) in [6.07, 6.45) is -1.52.